The lowest BCUT2D eigenvalue weighted by atomic mass is 9.95. The first-order valence-electron chi connectivity index (χ1n) is 8.28. The van der Waals surface area contributed by atoms with E-state index < -0.39 is 0 Å². The molecule has 0 N–H and O–H groups in total. The van der Waals surface area contributed by atoms with Crippen LogP contribution in [0.3, 0.4) is 0 Å². The Morgan fingerprint density at radius 2 is 1.91 bits per heavy atom. The van der Waals surface area contributed by atoms with Gasteiger partial charge in [0.25, 0.3) is 0 Å². The van der Waals surface area contributed by atoms with E-state index in [1.165, 1.54) is 33.8 Å². The summed E-state index contributed by atoms with van der Waals surface area (Å²) in [5.41, 5.74) is 7.84. The van der Waals surface area contributed by atoms with Crippen molar-refractivity contribution in [1.82, 2.24) is 14.8 Å². The Balaban J connectivity index is 2.23. The molecule has 0 aliphatic carbocycles. The first-order valence-corrected chi connectivity index (χ1v) is 8.28. The number of aromatic nitrogens is 1. The molecular formula is C19H31N3. The zero-order valence-corrected chi connectivity index (χ0v) is 15.3. The van der Waals surface area contributed by atoms with Crippen molar-refractivity contribution in [3.05, 3.63) is 40.4 Å². The number of likely N-dealkylation sites (tertiary alicyclic amines) is 1. The second-order valence-corrected chi connectivity index (χ2v) is 7.19. The number of hydrogen-bond acceptors (Lipinski definition) is 3. The third-order valence-corrected chi connectivity index (χ3v) is 5.20. The number of nitrogens with zero attached hydrogens (tertiary/aromatic N) is 3. The largest absolute Gasteiger partial charge is 0.377 e. The quantitative estimate of drug-likeness (QED) is 0.843. The molecule has 0 aromatic carbocycles. The van der Waals surface area contributed by atoms with Crippen LogP contribution in [0.4, 0.5) is 0 Å². The normalized spacial score (nSPS) is 18.9. The van der Waals surface area contributed by atoms with Crippen LogP contribution in [0, 0.1) is 20.8 Å². The molecule has 0 bridgehead atoms. The Hall–Kier alpha value is -1.35. The average molecular weight is 301 g/mol. The second kappa shape index (κ2) is 6.41. The van der Waals surface area contributed by atoms with Crippen LogP contribution in [0.15, 0.2) is 12.3 Å². The van der Waals surface area contributed by atoms with Crippen LogP contribution in [0.5, 0.6) is 0 Å². The number of aryl methyl sites for hydroxylation is 1. The molecule has 0 spiro atoms. The molecule has 0 amide bonds. The summed E-state index contributed by atoms with van der Waals surface area (Å²) in [6.07, 6.45) is 1.07. The van der Waals surface area contributed by atoms with Gasteiger partial charge in [0.1, 0.15) is 0 Å². The second-order valence-electron chi connectivity index (χ2n) is 7.19. The van der Waals surface area contributed by atoms with Crippen LogP contribution in [0.2, 0.25) is 0 Å². The summed E-state index contributed by atoms with van der Waals surface area (Å²) in [6.45, 7) is 17.2. The van der Waals surface area contributed by atoms with Crippen LogP contribution in [-0.2, 0) is 6.54 Å². The number of hydrogen-bond donors (Lipinski definition) is 0. The summed E-state index contributed by atoms with van der Waals surface area (Å²) in [4.78, 5) is 9.62. The highest BCUT2D eigenvalue weighted by Gasteiger charge is 2.26. The van der Waals surface area contributed by atoms with Gasteiger partial charge in [0.05, 0.1) is 0 Å². The van der Waals surface area contributed by atoms with Crippen molar-refractivity contribution in [1.29, 1.82) is 0 Å². The van der Waals surface area contributed by atoms with Crippen molar-refractivity contribution in [3.63, 3.8) is 0 Å². The van der Waals surface area contributed by atoms with Gasteiger partial charge >= 0.3 is 0 Å². The van der Waals surface area contributed by atoms with Gasteiger partial charge in [-0.2, -0.15) is 0 Å². The standard InChI is InChI=1S/C19H31N3/c1-12(2)19-15(5)14(4)18(16(6)20-19)11-22(8)17-9-13(3)21(7)10-17/h12,17H,3,9-11H2,1-2,4-8H3/t17-/m1/s1. The Kier molecular flexibility index (Phi) is 4.96. The molecular weight excluding hydrogens is 270 g/mol. The monoisotopic (exact) mass is 301 g/mol. The Morgan fingerprint density at radius 3 is 2.41 bits per heavy atom. The van der Waals surface area contributed by atoms with Gasteiger partial charge in [-0.05, 0) is 50.4 Å². The van der Waals surface area contributed by atoms with Crippen molar-refractivity contribution < 1.29 is 0 Å². The van der Waals surface area contributed by atoms with Crippen molar-refractivity contribution in [2.24, 2.45) is 0 Å². The van der Waals surface area contributed by atoms with E-state index in [9.17, 15) is 0 Å². The maximum atomic E-state index is 4.89. The molecule has 2 heterocycles. The molecule has 1 aromatic heterocycles. The Labute approximate surface area is 136 Å². The highest BCUT2D eigenvalue weighted by Crippen LogP contribution is 2.27. The van der Waals surface area contributed by atoms with E-state index in [1.807, 2.05) is 0 Å². The van der Waals surface area contributed by atoms with Gasteiger partial charge in [-0.1, -0.05) is 20.4 Å². The molecule has 1 aliphatic rings. The molecule has 1 saturated heterocycles. The Morgan fingerprint density at radius 1 is 1.27 bits per heavy atom. The molecule has 2 rings (SSSR count). The summed E-state index contributed by atoms with van der Waals surface area (Å²) in [5.74, 6) is 0.482. The van der Waals surface area contributed by atoms with Gasteiger partial charge in [0.15, 0.2) is 0 Å². The van der Waals surface area contributed by atoms with E-state index in [4.69, 9.17) is 4.98 Å². The number of rotatable bonds is 4. The lowest BCUT2D eigenvalue weighted by Crippen LogP contribution is -2.34. The topological polar surface area (TPSA) is 19.4 Å². The van der Waals surface area contributed by atoms with Crippen molar-refractivity contribution in [2.45, 2.75) is 59.5 Å². The van der Waals surface area contributed by atoms with Gasteiger partial charge in [-0.3, -0.25) is 9.88 Å². The molecule has 1 aliphatic heterocycles. The average Bonchev–Trinajstić information content (AvgIpc) is 2.78. The predicted octanol–water partition coefficient (Wildman–Crippen LogP) is 3.78. The van der Waals surface area contributed by atoms with Gasteiger partial charge in [0, 0.05) is 49.7 Å². The summed E-state index contributed by atoms with van der Waals surface area (Å²) >= 11 is 0. The van der Waals surface area contributed by atoms with Crippen molar-refractivity contribution in [2.75, 3.05) is 20.6 Å². The molecule has 3 heteroatoms. The van der Waals surface area contributed by atoms with Gasteiger partial charge in [-0.15, -0.1) is 0 Å². The lowest BCUT2D eigenvalue weighted by Gasteiger charge is -2.26. The van der Waals surface area contributed by atoms with Gasteiger partial charge < -0.3 is 4.90 Å². The van der Waals surface area contributed by atoms with Crippen LogP contribution >= 0.6 is 0 Å². The maximum absolute atomic E-state index is 4.89. The first-order chi connectivity index (χ1) is 10.2. The number of likely N-dealkylation sites (N-methyl/N-ethyl adjacent to an activating group) is 2. The fraction of sp³-hybridized carbons (Fsp3) is 0.632. The third-order valence-electron chi connectivity index (χ3n) is 5.20. The minimum absolute atomic E-state index is 0.482. The zero-order chi connectivity index (χ0) is 16.6. The van der Waals surface area contributed by atoms with Gasteiger partial charge in [0.2, 0.25) is 0 Å². The highest BCUT2D eigenvalue weighted by molar-refractivity contribution is 5.39. The van der Waals surface area contributed by atoms with E-state index in [0.717, 1.165) is 19.5 Å². The summed E-state index contributed by atoms with van der Waals surface area (Å²) < 4.78 is 0. The molecule has 1 atom stereocenters. The van der Waals surface area contributed by atoms with E-state index in [0.29, 0.717) is 12.0 Å². The summed E-state index contributed by atoms with van der Waals surface area (Å²) in [6, 6.07) is 0.557. The van der Waals surface area contributed by atoms with E-state index in [-0.39, 0.29) is 0 Å². The van der Waals surface area contributed by atoms with E-state index in [2.05, 4.69) is 65.1 Å². The maximum Gasteiger partial charge on any atom is 0.0464 e. The van der Waals surface area contributed by atoms with Crippen molar-refractivity contribution >= 4 is 0 Å². The molecule has 1 fully saturated rings. The minimum Gasteiger partial charge on any atom is -0.377 e. The molecule has 0 unspecified atom stereocenters. The molecule has 0 radical (unpaired) electrons. The molecule has 22 heavy (non-hydrogen) atoms. The minimum atomic E-state index is 0.482. The van der Waals surface area contributed by atoms with Crippen LogP contribution in [0.1, 0.15) is 54.3 Å². The van der Waals surface area contributed by atoms with Crippen LogP contribution < -0.4 is 0 Å². The van der Waals surface area contributed by atoms with E-state index in [1.54, 1.807) is 0 Å². The SMILES string of the molecule is C=C1C[C@@H](N(C)Cc2c(C)nc(C(C)C)c(C)c2C)CN1C. The molecule has 3 nitrogen and oxygen atoms in total. The first kappa shape index (κ1) is 17.0. The van der Waals surface area contributed by atoms with Crippen LogP contribution in [0.25, 0.3) is 0 Å². The summed E-state index contributed by atoms with van der Waals surface area (Å²) in [5, 5.41) is 0. The molecule has 122 valence electrons. The lowest BCUT2D eigenvalue weighted by molar-refractivity contribution is 0.233. The smallest absolute Gasteiger partial charge is 0.0464 e. The van der Waals surface area contributed by atoms with Crippen LogP contribution in [-0.4, -0.2) is 41.5 Å². The van der Waals surface area contributed by atoms with Crippen molar-refractivity contribution in [3.8, 4) is 0 Å². The fourth-order valence-electron chi connectivity index (χ4n) is 3.43. The Bertz CT molecular complexity index is 575. The number of pyridine rings is 1. The highest BCUT2D eigenvalue weighted by atomic mass is 15.2. The predicted molar refractivity (Wildman–Crippen MR) is 94.2 cm³/mol. The van der Waals surface area contributed by atoms with E-state index >= 15 is 0 Å². The third kappa shape index (κ3) is 3.19. The summed E-state index contributed by atoms with van der Waals surface area (Å²) in [7, 11) is 4.36. The molecule has 0 saturated carbocycles. The zero-order valence-electron chi connectivity index (χ0n) is 15.3. The fourth-order valence-corrected chi connectivity index (χ4v) is 3.43. The van der Waals surface area contributed by atoms with Gasteiger partial charge in [-0.25, -0.2) is 0 Å². The molecule has 1 aromatic rings.